The van der Waals surface area contributed by atoms with E-state index in [0.717, 1.165) is 0 Å². The van der Waals surface area contributed by atoms with E-state index < -0.39 is 18.9 Å². The number of rotatable bonds is 4. The van der Waals surface area contributed by atoms with Gasteiger partial charge in [-0.25, -0.2) is 4.39 Å². The van der Waals surface area contributed by atoms with Gasteiger partial charge in [0, 0.05) is 0 Å². The Morgan fingerprint density at radius 2 is 1.90 bits per heavy atom. The predicted molar refractivity (Wildman–Crippen MR) is 37.4 cm³/mol. The van der Waals surface area contributed by atoms with Gasteiger partial charge in [0.15, 0.2) is 0 Å². The van der Waals surface area contributed by atoms with Crippen LogP contribution in [-0.2, 0) is 0 Å². The summed E-state index contributed by atoms with van der Waals surface area (Å²) in [4.78, 5) is 0. The Balaban J connectivity index is 3.50. The van der Waals surface area contributed by atoms with Crippen LogP contribution < -0.4 is 0 Å². The van der Waals surface area contributed by atoms with Crippen LogP contribution in [0.25, 0.3) is 0 Å². The van der Waals surface area contributed by atoms with Crippen molar-refractivity contribution in [1.82, 2.24) is 0 Å². The highest BCUT2D eigenvalue weighted by Gasteiger charge is 2.17. The van der Waals surface area contributed by atoms with Gasteiger partial charge in [-0.15, -0.1) is 0 Å². The molecule has 0 saturated heterocycles. The highest BCUT2D eigenvalue weighted by molar-refractivity contribution is 4.67. The van der Waals surface area contributed by atoms with E-state index >= 15 is 0 Å². The Kier molecular flexibility index (Phi) is 4.56. The van der Waals surface area contributed by atoms with E-state index in [-0.39, 0.29) is 5.92 Å². The van der Waals surface area contributed by atoms with Crippen molar-refractivity contribution in [3.63, 3.8) is 0 Å². The monoisotopic (exact) mass is 150 g/mol. The topological polar surface area (TPSA) is 40.5 Å². The van der Waals surface area contributed by atoms with Crippen LogP contribution in [0.3, 0.4) is 0 Å². The van der Waals surface area contributed by atoms with E-state index in [2.05, 4.69) is 0 Å². The molecule has 0 aromatic heterocycles. The highest BCUT2D eigenvalue weighted by atomic mass is 19.1. The first kappa shape index (κ1) is 9.85. The van der Waals surface area contributed by atoms with Crippen LogP contribution >= 0.6 is 0 Å². The van der Waals surface area contributed by atoms with Gasteiger partial charge in [0.25, 0.3) is 0 Å². The van der Waals surface area contributed by atoms with E-state index in [1.165, 1.54) is 0 Å². The largest absolute Gasteiger partial charge is 0.394 e. The molecule has 2 atom stereocenters. The first-order chi connectivity index (χ1) is 4.57. The third kappa shape index (κ3) is 3.80. The standard InChI is InChI=1S/C7H15FO2/c1-5(2)3-6(8)7(10)4-9/h5-7,9-10H,3-4H2,1-2H3/t6-,7+/m0/s1. The number of hydrogen-bond donors (Lipinski definition) is 2. The summed E-state index contributed by atoms with van der Waals surface area (Å²) in [6.45, 7) is 3.25. The van der Waals surface area contributed by atoms with E-state index in [1.54, 1.807) is 0 Å². The van der Waals surface area contributed by atoms with Crippen LogP contribution in [0.5, 0.6) is 0 Å². The molecule has 0 spiro atoms. The predicted octanol–water partition coefficient (Wildman–Crippen LogP) is 0.724. The van der Waals surface area contributed by atoms with Crippen LogP contribution in [0.1, 0.15) is 20.3 Å². The fraction of sp³-hybridized carbons (Fsp3) is 1.00. The van der Waals surface area contributed by atoms with E-state index in [0.29, 0.717) is 6.42 Å². The summed E-state index contributed by atoms with van der Waals surface area (Å²) in [5, 5.41) is 17.1. The minimum atomic E-state index is -1.29. The lowest BCUT2D eigenvalue weighted by molar-refractivity contribution is 0.0204. The van der Waals surface area contributed by atoms with E-state index in [1.807, 2.05) is 13.8 Å². The maximum Gasteiger partial charge on any atom is 0.128 e. The van der Waals surface area contributed by atoms with Crippen LogP contribution in [0.2, 0.25) is 0 Å². The van der Waals surface area contributed by atoms with Gasteiger partial charge in [-0.2, -0.15) is 0 Å². The number of aliphatic hydroxyl groups excluding tert-OH is 2. The van der Waals surface area contributed by atoms with Crippen molar-refractivity contribution in [3.8, 4) is 0 Å². The van der Waals surface area contributed by atoms with Crippen LogP contribution in [0, 0.1) is 5.92 Å². The molecule has 0 aliphatic rings. The third-order valence-electron chi connectivity index (χ3n) is 1.30. The molecule has 0 amide bonds. The molecule has 2 nitrogen and oxygen atoms in total. The summed E-state index contributed by atoms with van der Waals surface area (Å²) in [6.07, 6.45) is -2.19. The molecule has 0 saturated carbocycles. The molecule has 0 bridgehead atoms. The van der Waals surface area contributed by atoms with Crippen LogP contribution in [0.4, 0.5) is 4.39 Å². The van der Waals surface area contributed by atoms with Crippen molar-refractivity contribution in [3.05, 3.63) is 0 Å². The molecule has 0 rings (SSSR count). The Labute approximate surface area is 60.7 Å². The zero-order valence-corrected chi connectivity index (χ0v) is 6.42. The third-order valence-corrected chi connectivity index (χ3v) is 1.30. The van der Waals surface area contributed by atoms with Crippen LogP contribution in [-0.4, -0.2) is 29.1 Å². The lowest BCUT2D eigenvalue weighted by atomic mass is 10.0. The molecule has 0 aliphatic carbocycles. The first-order valence-corrected chi connectivity index (χ1v) is 3.51. The number of hydrogen-bond acceptors (Lipinski definition) is 2. The average Bonchev–Trinajstić information content (AvgIpc) is 1.85. The second-order valence-electron chi connectivity index (χ2n) is 2.90. The second kappa shape index (κ2) is 4.63. The van der Waals surface area contributed by atoms with Crippen molar-refractivity contribution in [2.45, 2.75) is 32.5 Å². The van der Waals surface area contributed by atoms with Gasteiger partial charge in [0.2, 0.25) is 0 Å². The summed E-state index contributed by atoms with van der Waals surface area (Å²) < 4.78 is 12.6. The minimum Gasteiger partial charge on any atom is -0.394 e. The Morgan fingerprint density at radius 1 is 1.40 bits per heavy atom. The molecular weight excluding hydrogens is 135 g/mol. The molecule has 3 heteroatoms. The van der Waals surface area contributed by atoms with E-state index in [9.17, 15) is 4.39 Å². The molecule has 0 radical (unpaired) electrons. The SMILES string of the molecule is CC(C)C[C@H](F)[C@H](O)CO. The maximum absolute atomic E-state index is 12.6. The molecule has 0 aliphatic heterocycles. The van der Waals surface area contributed by atoms with Gasteiger partial charge in [0.05, 0.1) is 6.61 Å². The Morgan fingerprint density at radius 3 is 2.20 bits per heavy atom. The molecular formula is C7H15FO2. The lowest BCUT2D eigenvalue weighted by Gasteiger charge is -2.14. The normalized spacial score (nSPS) is 17.4. The summed E-state index contributed by atoms with van der Waals surface area (Å²) in [5.74, 6) is 0.219. The van der Waals surface area contributed by atoms with Crippen molar-refractivity contribution in [2.24, 2.45) is 5.92 Å². The number of alkyl halides is 1. The summed E-state index contributed by atoms with van der Waals surface area (Å²) in [5.41, 5.74) is 0. The van der Waals surface area contributed by atoms with Gasteiger partial charge in [0.1, 0.15) is 12.3 Å². The fourth-order valence-corrected chi connectivity index (χ4v) is 0.722. The molecule has 2 N–H and O–H groups in total. The van der Waals surface area contributed by atoms with Gasteiger partial charge in [-0.05, 0) is 12.3 Å². The summed E-state index contributed by atoms with van der Waals surface area (Å²) in [7, 11) is 0. The van der Waals surface area contributed by atoms with Gasteiger partial charge in [-0.3, -0.25) is 0 Å². The molecule has 0 unspecified atom stereocenters. The Bertz CT molecular complexity index is 85.7. The maximum atomic E-state index is 12.6. The van der Waals surface area contributed by atoms with Crippen molar-refractivity contribution >= 4 is 0 Å². The van der Waals surface area contributed by atoms with Crippen molar-refractivity contribution in [2.75, 3.05) is 6.61 Å². The highest BCUT2D eigenvalue weighted by Crippen LogP contribution is 2.11. The quantitative estimate of drug-likeness (QED) is 0.620. The zero-order valence-electron chi connectivity index (χ0n) is 6.42. The van der Waals surface area contributed by atoms with E-state index in [4.69, 9.17) is 10.2 Å². The minimum absolute atomic E-state index is 0.219. The average molecular weight is 150 g/mol. The first-order valence-electron chi connectivity index (χ1n) is 3.51. The van der Waals surface area contributed by atoms with Crippen molar-refractivity contribution in [1.29, 1.82) is 0 Å². The molecule has 10 heavy (non-hydrogen) atoms. The second-order valence-corrected chi connectivity index (χ2v) is 2.90. The fourth-order valence-electron chi connectivity index (χ4n) is 0.722. The smallest absolute Gasteiger partial charge is 0.128 e. The van der Waals surface area contributed by atoms with Crippen molar-refractivity contribution < 1.29 is 14.6 Å². The number of aliphatic hydroxyl groups is 2. The van der Waals surface area contributed by atoms with Gasteiger partial charge in [-0.1, -0.05) is 13.8 Å². The van der Waals surface area contributed by atoms with Gasteiger partial charge < -0.3 is 10.2 Å². The molecule has 0 heterocycles. The van der Waals surface area contributed by atoms with Crippen LogP contribution in [0.15, 0.2) is 0 Å². The van der Waals surface area contributed by atoms with Gasteiger partial charge >= 0.3 is 0 Å². The Hall–Kier alpha value is -0.150. The summed E-state index contributed by atoms with van der Waals surface area (Å²) in [6, 6.07) is 0. The summed E-state index contributed by atoms with van der Waals surface area (Å²) >= 11 is 0. The number of halogens is 1. The molecule has 0 aromatic rings. The molecule has 0 fully saturated rings. The zero-order chi connectivity index (χ0) is 8.15. The molecule has 62 valence electrons. The molecule has 0 aromatic carbocycles. The lowest BCUT2D eigenvalue weighted by Crippen LogP contribution is -2.26.